The Morgan fingerprint density at radius 1 is 0.712 bits per heavy atom. The number of benzene rings is 2. The van der Waals surface area contributed by atoms with Crippen molar-refractivity contribution in [1.82, 2.24) is 20.9 Å². The van der Waals surface area contributed by atoms with Gasteiger partial charge < -0.3 is 34.9 Å². The van der Waals surface area contributed by atoms with Gasteiger partial charge in [-0.25, -0.2) is 14.4 Å². The van der Waals surface area contributed by atoms with Crippen molar-refractivity contribution in [2.75, 3.05) is 39.3 Å². The van der Waals surface area contributed by atoms with E-state index in [-0.39, 0.29) is 12.5 Å². The molecule has 4 amide bonds. The van der Waals surface area contributed by atoms with Gasteiger partial charge in [0.1, 0.15) is 36.2 Å². The summed E-state index contributed by atoms with van der Waals surface area (Å²) >= 11 is 0. The van der Waals surface area contributed by atoms with E-state index >= 15 is 0 Å². The summed E-state index contributed by atoms with van der Waals surface area (Å²) in [6.07, 6.45) is 7.40. The van der Waals surface area contributed by atoms with E-state index in [2.05, 4.69) is 44.9 Å². The molecule has 0 bridgehead atoms. The van der Waals surface area contributed by atoms with Crippen LogP contribution in [0.4, 0.5) is 14.4 Å². The van der Waals surface area contributed by atoms with Crippen molar-refractivity contribution in [2.45, 2.75) is 150 Å². The van der Waals surface area contributed by atoms with Crippen molar-refractivity contribution in [2.24, 2.45) is 4.99 Å². The van der Waals surface area contributed by atoms with Gasteiger partial charge in [-0.1, -0.05) is 68.7 Å². The molecule has 0 saturated carbocycles. The Balaban J connectivity index is 1.73. The number of aliphatic imine (C=N–C) groups is 1. The number of rotatable bonds is 26. The van der Waals surface area contributed by atoms with Crippen LogP contribution in [0.2, 0.25) is 0 Å². The molecule has 3 N–H and O–H groups in total. The molecule has 0 heterocycles. The fourth-order valence-electron chi connectivity index (χ4n) is 5.94. The molecule has 0 unspecified atom stereocenters. The third-order valence-corrected chi connectivity index (χ3v) is 8.97. The Hall–Kier alpha value is -4.65. The maximum Gasteiger partial charge on any atom is 0.434 e. The molecule has 0 aliphatic carbocycles. The molecule has 0 radical (unpaired) electrons. The number of carbonyl (C=O) groups excluding carboxylic acids is 4. The Morgan fingerprint density at radius 2 is 1.39 bits per heavy atom. The first kappa shape index (κ1) is 50.5. The van der Waals surface area contributed by atoms with Gasteiger partial charge in [0.25, 0.3) is 0 Å². The monoisotopic (exact) mass is 824 g/mol. The van der Waals surface area contributed by atoms with Crippen LogP contribution in [-0.4, -0.2) is 91.4 Å². The van der Waals surface area contributed by atoms with E-state index in [0.717, 1.165) is 82.3 Å². The first-order valence-electron chi connectivity index (χ1n) is 21.5. The minimum atomic E-state index is -0.726. The molecule has 0 spiro atoms. The first-order valence-corrected chi connectivity index (χ1v) is 21.5. The van der Waals surface area contributed by atoms with Crippen LogP contribution in [0, 0.1) is 0 Å². The summed E-state index contributed by atoms with van der Waals surface area (Å²) in [7, 11) is 0. The van der Waals surface area contributed by atoms with Crippen LogP contribution < -0.4 is 20.7 Å². The number of hydrogen-bond donors (Lipinski definition) is 3. The number of alkyl carbamates (subject to hydrolysis) is 2. The summed E-state index contributed by atoms with van der Waals surface area (Å²) < 4.78 is 22.1. The van der Waals surface area contributed by atoms with E-state index in [1.54, 1.807) is 48.5 Å². The Bertz CT molecular complexity index is 1540. The van der Waals surface area contributed by atoms with Crippen molar-refractivity contribution in [3.8, 4) is 5.75 Å². The number of unbranched alkanes of at least 4 members (excludes halogenated alkanes) is 4. The Morgan fingerprint density at radius 3 is 2.07 bits per heavy atom. The maximum atomic E-state index is 13.3. The molecule has 59 heavy (non-hydrogen) atoms. The van der Waals surface area contributed by atoms with Crippen molar-refractivity contribution >= 4 is 29.9 Å². The number of nitrogens with one attached hydrogen (secondary N) is 3. The second-order valence-corrected chi connectivity index (χ2v) is 16.9. The van der Waals surface area contributed by atoms with Crippen LogP contribution in [0.15, 0.2) is 59.6 Å². The summed E-state index contributed by atoms with van der Waals surface area (Å²) in [4.78, 5) is 56.2. The largest absolute Gasteiger partial charge is 0.492 e. The molecular formula is C46H73N5O8. The van der Waals surface area contributed by atoms with Gasteiger partial charge >= 0.3 is 18.3 Å². The molecule has 2 aromatic carbocycles. The fourth-order valence-corrected chi connectivity index (χ4v) is 5.94. The minimum absolute atomic E-state index is 0.235. The van der Waals surface area contributed by atoms with Gasteiger partial charge in [0.05, 0.1) is 0 Å². The molecule has 0 aliphatic rings. The highest BCUT2D eigenvalue weighted by molar-refractivity contribution is 5.91. The van der Waals surface area contributed by atoms with Crippen molar-refractivity contribution in [3.05, 3.63) is 65.7 Å². The van der Waals surface area contributed by atoms with Gasteiger partial charge in [0.2, 0.25) is 5.91 Å². The number of aryl methyl sites for hydroxylation is 1. The third-order valence-electron chi connectivity index (χ3n) is 8.97. The predicted octanol–water partition coefficient (Wildman–Crippen LogP) is 9.16. The second-order valence-electron chi connectivity index (χ2n) is 16.9. The Labute approximate surface area is 353 Å². The van der Waals surface area contributed by atoms with E-state index in [1.807, 2.05) is 42.5 Å². The lowest BCUT2D eigenvalue weighted by atomic mass is 10.1. The summed E-state index contributed by atoms with van der Waals surface area (Å²) in [5.74, 6) is 0.591. The van der Waals surface area contributed by atoms with Crippen LogP contribution in [0.1, 0.15) is 131 Å². The van der Waals surface area contributed by atoms with E-state index in [1.165, 1.54) is 5.56 Å². The lowest BCUT2D eigenvalue weighted by Crippen LogP contribution is -2.48. The molecule has 13 nitrogen and oxygen atoms in total. The number of carbonyl (C=O) groups is 4. The zero-order valence-corrected chi connectivity index (χ0v) is 37.2. The predicted molar refractivity (Wildman–Crippen MR) is 234 cm³/mol. The summed E-state index contributed by atoms with van der Waals surface area (Å²) in [5, 5.41) is 8.61. The van der Waals surface area contributed by atoms with Gasteiger partial charge in [-0.05, 0) is 136 Å². The number of hydrogen-bond acceptors (Lipinski definition) is 9. The average Bonchev–Trinajstić information content (AvgIpc) is 3.16. The van der Waals surface area contributed by atoms with E-state index < -0.39 is 35.5 Å². The van der Waals surface area contributed by atoms with Crippen molar-refractivity contribution in [3.63, 3.8) is 0 Å². The van der Waals surface area contributed by atoms with Gasteiger partial charge in [-0.15, -0.1) is 0 Å². The van der Waals surface area contributed by atoms with E-state index in [9.17, 15) is 19.2 Å². The molecule has 0 fully saturated rings. The summed E-state index contributed by atoms with van der Waals surface area (Å²) in [6.45, 7) is 19.1. The van der Waals surface area contributed by atoms with Crippen LogP contribution in [0.25, 0.3) is 0 Å². The first-order chi connectivity index (χ1) is 28.0. The van der Waals surface area contributed by atoms with Gasteiger partial charge in [-0.3, -0.25) is 9.69 Å². The SMILES string of the molecule is CCCCN(CCCNC(=O)[C@H](CCCCCC(C)=NC(=O)OC(C)(C)C)NC(=O)OC(C)(C)C)CCOc1ccc(CCCCNC(=O)OCc2ccccc2)cc1. The number of nitrogens with zero attached hydrogens (tertiary/aromatic N) is 2. The highest BCUT2D eigenvalue weighted by Crippen LogP contribution is 2.15. The normalized spacial score (nSPS) is 12.4. The highest BCUT2D eigenvalue weighted by atomic mass is 16.6. The highest BCUT2D eigenvalue weighted by Gasteiger charge is 2.24. The van der Waals surface area contributed by atoms with Crippen LogP contribution in [0.3, 0.4) is 0 Å². The van der Waals surface area contributed by atoms with Gasteiger partial charge in [-0.2, -0.15) is 4.99 Å². The van der Waals surface area contributed by atoms with Crippen LogP contribution in [-0.2, 0) is 32.0 Å². The summed E-state index contributed by atoms with van der Waals surface area (Å²) in [5.41, 5.74) is 1.59. The molecule has 0 aliphatic heterocycles. The molecule has 0 aromatic heterocycles. The van der Waals surface area contributed by atoms with Crippen LogP contribution in [0.5, 0.6) is 5.75 Å². The van der Waals surface area contributed by atoms with Crippen molar-refractivity contribution < 1.29 is 38.1 Å². The van der Waals surface area contributed by atoms with Crippen molar-refractivity contribution in [1.29, 1.82) is 0 Å². The van der Waals surface area contributed by atoms with Crippen LogP contribution >= 0.6 is 0 Å². The van der Waals surface area contributed by atoms with E-state index in [4.69, 9.17) is 18.9 Å². The molecule has 2 rings (SSSR count). The fraction of sp³-hybridized carbons (Fsp3) is 0.630. The smallest absolute Gasteiger partial charge is 0.434 e. The Kier molecular flexibility index (Phi) is 23.9. The topological polar surface area (TPSA) is 157 Å². The molecule has 2 aromatic rings. The number of ether oxygens (including phenoxy) is 4. The zero-order valence-electron chi connectivity index (χ0n) is 37.2. The quantitative estimate of drug-likeness (QED) is 0.0478. The standard InChI is InChI=1S/C46H73N5O8/c1-9-10-31-51(33-34-56-39-27-25-37(26-28-39)21-17-18-29-48-42(53)57-35-38-22-14-12-15-23-38)32-19-30-47-41(52)40(50-44(55)59-46(6,7)8)24-16-11-13-20-36(2)49-43(54)58-45(3,4)5/h12,14-15,22-23,25-28,40H,9-11,13,16-21,24,29-35H2,1-8H3,(H,47,52)(H,48,53)(H,50,55)/t40-/m0/s1. The second kappa shape index (κ2) is 27.9. The lowest BCUT2D eigenvalue weighted by Gasteiger charge is -2.24. The molecular weight excluding hydrogens is 751 g/mol. The molecule has 13 heteroatoms. The average molecular weight is 824 g/mol. The molecule has 330 valence electrons. The third kappa shape index (κ3) is 26.1. The number of amides is 4. The van der Waals surface area contributed by atoms with Gasteiger partial charge in [0, 0.05) is 25.3 Å². The van der Waals surface area contributed by atoms with E-state index in [0.29, 0.717) is 44.7 Å². The zero-order chi connectivity index (χ0) is 43.5. The summed E-state index contributed by atoms with van der Waals surface area (Å²) in [6, 6.07) is 17.1. The van der Waals surface area contributed by atoms with Gasteiger partial charge in [0.15, 0.2) is 0 Å². The molecule has 1 atom stereocenters. The lowest BCUT2D eigenvalue weighted by molar-refractivity contribution is -0.123. The maximum absolute atomic E-state index is 13.3. The molecule has 0 saturated heterocycles. The minimum Gasteiger partial charge on any atom is -0.492 e.